The molecular weight excluding hydrogens is 218 g/mol. The molecule has 1 N–H and O–H groups in total. The number of benzene rings is 1. The van der Waals surface area contributed by atoms with Crippen LogP contribution in [0.15, 0.2) is 18.2 Å². The Morgan fingerprint density at radius 1 is 1.25 bits per heavy atom. The van der Waals surface area contributed by atoms with E-state index in [1.54, 1.807) is 0 Å². The highest BCUT2D eigenvalue weighted by Gasteiger charge is 2.03. The average Bonchev–Trinajstić information content (AvgIpc) is 2.29. The Labute approximate surface area is 104 Å². The van der Waals surface area contributed by atoms with Crippen molar-refractivity contribution >= 4 is 11.6 Å². The summed E-state index contributed by atoms with van der Waals surface area (Å²) < 4.78 is 0. The van der Waals surface area contributed by atoms with Crippen molar-refractivity contribution in [2.75, 3.05) is 6.54 Å². The van der Waals surface area contributed by atoms with Crippen LogP contribution in [0, 0.1) is 12.8 Å². The van der Waals surface area contributed by atoms with Crippen LogP contribution in [0.5, 0.6) is 0 Å². The van der Waals surface area contributed by atoms with Gasteiger partial charge in [0.15, 0.2) is 0 Å². The second kappa shape index (κ2) is 6.93. The Balaban J connectivity index is 2.40. The highest BCUT2D eigenvalue weighted by atomic mass is 35.5. The van der Waals surface area contributed by atoms with Crippen molar-refractivity contribution in [3.8, 4) is 0 Å². The lowest BCUT2D eigenvalue weighted by molar-refractivity contribution is 0.449. The summed E-state index contributed by atoms with van der Waals surface area (Å²) in [6, 6.07) is 6.27. The minimum absolute atomic E-state index is 0.793. The number of hydrogen-bond donors (Lipinski definition) is 1. The number of aryl methyl sites for hydroxylation is 1. The molecule has 0 aliphatic carbocycles. The van der Waals surface area contributed by atoms with Gasteiger partial charge in [0.25, 0.3) is 0 Å². The molecule has 2 heteroatoms. The first-order chi connectivity index (χ1) is 7.67. The van der Waals surface area contributed by atoms with Gasteiger partial charge in [-0.15, -0.1) is 0 Å². The molecule has 0 aliphatic rings. The van der Waals surface area contributed by atoms with E-state index >= 15 is 0 Å². The molecule has 0 aromatic heterocycles. The normalized spacial score (nSPS) is 11.1. The van der Waals surface area contributed by atoms with Crippen LogP contribution in [-0.2, 0) is 6.54 Å². The summed E-state index contributed by atoms with van der Waals surface area (Å²) >= 11 is 6.08. The third-order valence-corrected chi connectivity index (χ3v) is 3.56. The van der Waals surface area contributed by atoms with Crippen molar-refractivity contribution in [1.29, 1.82) is 0 Å². The molecule has 0 aliphatic heterocycles. The first kappa shape index (κ1) is 13.5. The first-order valence-electron chi connectivity index (χ1n) is 6.13. The maximum atomic E-state index is 6.08. The quantitative estimate of drug-likeness (QED) is 0.786. The van der Waals surface area contributed by atoms with E-state index < -0.39 is 0 Å². The lowest BCUT2D eigenvalue weighted by atomic mass is 10.0. The Hall–Kier alpha value is -0.530. The summed E-state index contributed by atoms with van der Waals surface area (Å²) in [5.74, 6) is 0.793. The highest BCUT2D eigenvalue weighted by Crippen LogP contribution is 2.16. The SMILES string of the molecule is CCC(CC)CNCc1ccc(C)c(Cl)c1. The van der Waals surface area contributed by atoms with Gasteiger partial charge in [0.1, 0.15) is 0 Å². The summed E-state index contributed by atoms with van der Waals surface area (Å²) in [4.78, 5) is 0. The molecule has 0 fully saturated rings. The zero-order valence-electron chi connectivity index (χ0n) is 10.5. The van der Waals surface area contributed by atoms with Gasteiger partial charge in [0, 0.05) is 11.6 Å². The Bertz CT molecular complexity index is 319. The topological polar surface area (TPSA) is 12.0 Å². The molecule has 0 spiro atoms. The largest absolute Gasteiger partial charge is 0.312 e. The van der Waals surface area contributed by atoms with Crippen LogP contribution in [0.4, 0.5) is 0 Å². The van der Waals surface area contributed by atoms with Gasteiger partial charge in [0.2, 0.25) is 0 Å². The fourth-order valence-electron chi connectivity index (χ4n) is 1.74. The standard InChI is InChI=1S/C14H22ClN/c1-4-12(5-2)9-16-10-13-7-6-11(3)14(15)8-13/h6-8,12,16H,4-5,9-10H2,1-3H3. The molecule has 1 aromatic carbocycles. The summed E-state index contributed by atoms with van der Waals surface area (Å²) in [7, 11) is 0. The Morgan fingerprint density at radius 3 is 2.50 bits per heavy atom. The smallest absolute Gasteiger partial charge is 0.0438 e. The first-order valence-corrected chi connectivity index (χ1v) is 6.50. The third kappa shape index (κ3) is 4.15. The number of nitrogens with one attached hydrogen (secondary N) is 1. The van der Waals surface area contributed by atoms with Gasteiger partial charge in [0.05, 0.1) is 0 Å². The second-order valence-electron chi connectivity index (χ2n) is 4.40. The molecule has 0 bridgehead atoms. The van der Waals surface area contributed by atoms with Gasteiger partial charge < -0.3 is 5.32 Å². The molecule has 16 heavy (non-hydrogen) atoms. The maximum absolute atomic E-state index is 6.08. The van der Waals surface area contributed by atoms with Gasteiger partial charge in [-0.05, 0) is 36.6 Å². The van der Waals surface area contributed by atoms with Crippen LogP contribution in [0.3, 0.4) is 0 Å². The van der Waals surface area contributed by atoms with E-state index in [4.69, 9.17) is 11.6 Å². The molecule has 0 amide bonds. The number of rotatable bonds is 6. The van der Waals surface area contributed by atoms with Gasteiger partial charge in [-0.1, -0.05) is 50.4 Å². The fourth-order valence-corrected chi connectivity index (χ4v) is 1.95. The fraction of sp³-hybridized carbons (Fsp3) is 0.571. The number of halogens is 1. The lowest BCUT2D eigenvalue weighted by Crippen LogP contribution is -2.21. The molecule has 0 unspecified atom stereocenters. The summed E-state index contributed by atoms with van der Waals surface area (Å²) in [5, 5.41) is 4.35. The van der Waals surface area contributed by atoms with Crippen molar-refractivity contribution in [2.24, 2.45) is 5.92 Å². The zero-order chi connectivity index (χ0) is 12.0. The van der Waals surface area contributed by atoms with Crippen molar-refractivity contribution < 1.29 is 0 Å². The Morgan fingerprint density at radius 2 is 1.94 bits per heavy atom. The molecule has 90 valence electrons. The highest BCUT2D eigenvalue weighted by molar-refractivity contribution is 6.31. The predicted molar refractivity (Wildman–Crippen MR) is 72.0 cm³/mol. The molecule has 1 nitrogen and oxygen atoms in total. The number of hydrogen-bond acceptors (Lipinski definition) is 1. The van der Waals surface area contributed by atoms with Crippen LogP contribution in [0.1, 0.15) is 37.8 Å². The van der Waals surface area contributed by atoms with E-state index in [2.05, 4.69) is 37.4 Å². The predicted octanol–water partition coefficient (Wildman–Crippen LogP) is 4.17. The summed E-state index contributed by atoms with van der Waals surface area (Å²) in [5.41, 5.74) is 2.41. The monoisotopic (exact) mass is 239 g/mol. The molecule has 0 saturated heterocycles. The molecule has 1 rings (SSSR count). The van der Waals surface area contributed by atoms with Crippen LogP contribution >= 0.6 is 11.6 Å². The Kier molecular flexibility index (Phi) is 5.86. The van der Waals surface area contributed by atoms with Gasteiger partial charge >= 0.3 is 0 Å². The minimum Gasteiger partial charge on any atom is -0.312 e. The van der Waals surface area contributed by atoms with Gasteiger partial charge in [-0.2, -0.15) is 0 Å². The molecule has 0 atom stereocenters. The van der Waals surface area contributed by atoms with Crippen LogP contribution < -0.4 is 5.32 Å². The molecule has 1 aromatic rings. The molecule has 0 radical (unpaired) electrons. The average molecular weight is 240 g/mol. The van der Waals surface area contributed by atoms with E-state index in [0.717, 1.165) is 29.6 Å². The van der Waals surface area contributed by atoms with Crippen LogP contribution in [0.25, 0.3) is 0 Å². The van der Waals surface area contributed by atoms with Crippen LogP contribution in [0.2, 0.25) is 5.02 Å². The zero-order valence-corrected chi connectivity index (χ0v) is 11.3. The molecule has 0 heterocycles. The third-order valence-electron chi connectivity index (χ3n) is 3.15. The minimum atomic E-state index is 0.793. The van der Waals surface area contributed by atoms with Crippen molar-refractivity contribution in [3.05, 3.63) is 34.3 Å². The lowest BCUT2D eigenvalue weighted by Gasteiger charge is -2.13. The summed E-state index contributed by atoms with van der Waals surface area (Å²) in [6.45, 7) is 8.54. The second-order valence-corrected chi connectivity index (χ2v) is 4.80. The summed E-state index contributed by atoms with van der Waals surface area (Å²) in [6.07, 6.45) is 2.50. The van der Waals surface area contributed by atoms with E-state index in [0.29, 0.717) is 0 Å². The van der Waals surface area contributed by atoms with Crippen molar-refractivity contribution in [2.45, 2.75) is 40.2 Å². The van der Waals surface area contributed by atoms with E-state index in [9.17, 15) is 0 Å². The van der Waals surface area contributed by atoms with E-state index in [1.807, 2.05) is 6.92 Å². The van der Waals surface area contributed by atoms with Crippen LogP contribution in [-0.4, -0.2) is 6.54 Å². The maximum Gasteiger partial charge on any atom is 0.0438 e. The molecule has 0 saturated carbocycles. The van der Waals surface area contributed by atoms with Gasteiger partial charge in [-0.3, -0.25) is 0 Å². The van der Waals surface area contributed by atoms with E-state index in [-0.39, 0.29) is 0 Å². The van der Waals surface area contributed by atoms with Crippen molar-refractivity contribution in [1.82, 2.24) is 5.32 Å². The van der Waals surface area contributed by atoms with Crippen molar-refractivity contribution in [3.63, 3.8) is 0 Å². The van der Waals surface area contributed by atoms with Gasteiger partial charge in [-0.25, -0.2) is 0 Å². The van der Waals surface area contributed by atoms with E-state index in [1.165, 1.54) is 18.4 Å². The molecular formula is C14H22ClN.